The molecule has 0 atom stereocenters. The van der Waals surface area contributed by atoms with Gasteiger partial charge in [-0.2, -0.15) is 0 Å². The van der Waals surface area contributed by atoms with Crippen molar-refractivity contribution in [2.45, 2.75) is 13.3 Å². The zero-order valence-corrected chi connectivity index (χ0v) is 11.7. The molecule has 9 heteroatoms. The number of rotatable bonds is 3. The van der Waals surface area contributed by atoms with E-state index in [0.717, 1.165) is 24.3 Å². The average Bonchev–Trinajstić information content (AvgIpc) is 2.78. The van der Waals surface area contributed by atoms with Crippen molar-refractivity contribution in [2.75, 3.05) is 0 Å². The lowest BCUT2D eigenvalue weighted by Crippen LogP contribution is -2.09. The summed E-state index contributed by atoms with van der Waals surface area (Å²) >= 11 is 0.524. The molecule has 0 radical (unpaired) electrons. The Bertz CT molecular complexity index is 824. The molecule has 2 rings (SSSR count). The Morgan fingerprint density at radius 2 is 1.63 bits per heavy atom. The molecule has 1 aromatic heterocycles. The van der Waals surface area contributed by atoms with E-state index >= 15 is 0 Å². The van der Waals surface area contributed by atoms with Crippen LogP contribution in [0.2, 0.25) is 0 Å². The average molecular weight is 321 g/mol. The summed E-state index contributed by atoms with van der Waals surface area (Å²) in [5.41, 5.74) is 0. The lowest BCUT2D eigenvalue weighted by molar-refractivity contribution is 0.592. The van der Waals surface area contributed by atoms with Gasteiger partial charge < -0.3 is 0 Å². The highest BCUT2D eigenvalue weighted by Gasteiger charge is 2.22. The maximum absolute atomic E-state index is 13.0. The fourth-order valence-corrected chi connectivity index (χ4v) is 4.97. The summed E-state index contributed by atoms with van der Waals surface area (Å²) in [6, 6.07) is 6.71. The minimum atomic E-state index is -3.95. The second kappa shape index (κ2) is 4.67. The Balaban J connectivity index is 2.55. The molecule has 2 N–H and O–H groups in total. The number of hydrogen-bond donors (Lipinski definition) is 1. The SMILES string of the molecule is NS(=O)(=O)c1ccc(S(=O)(=O)c2cccc(F)c2)s1. The molecule has 2 aromatic rings. The first kappa shape index (κ1) is 14.1. The van der Waals surface area contributed by atoms with Crippen LogP contribution >= 0.6 is 11.3 Å². The first-order valence-electron chi connectivity index (χ1n) is 4.84. The number of primary sulfonamides is 1. The van der Waals surface area contributed by atoms with Gasteiger partial charge in [-0.25, -0.2) is 26.4 Å². The molecule has 1 heterocycles. The van der Waals surface area contributed by atoms with Crippen molar-refractivity contribution in [2.24, 2.45) is 5.14 Å². The molecule has 0 spiro atoms. The van der Waals surface area contributed by atoms with Gasteiger partial charge in [0, 0.05) is 0 Å². The Kier molecular flexibility index (Phi) is 3.47. The summed E-state index contributed by atoms with van der Waals surface area (Å²) in [7, 11) is -7.90. The Morgan fingerprint density at radius 3 is 2.16 bits per heavy atom. The summed E-state index contributed by atoms with van der Waals surface area (Å²) in [6.45, 7) is 0. The van der Waals surface area contributed by atoms with Crippen molar-refractivity contribution in [3.05, 3.63) is 42.2 Å². The van der Waals surface area contributed by atoms with Crippen LogP contribution in [-0.4, -0.2) is 16.8 Å². The number of hydrogen-bond acceptors (Lipinski definition) is 5. The van der Waals surface area contributed by atoms with Gasteiger partial charge in [0.25, 0.3) is 0 Å². The minimum absolute atomic E-state index is 0.206. The van der Waals surface area contributed by atoms with Crippen molar-refractivity contribution in [3.8, 4) is 0 Å². The van der Waals surface area contributed by atoms with Gasteiger partial charge in [0.15, 0.2) is 0 Å². The summed E-state index contributed by atoms with van der Waals surface area (Å²) in [4.78, 5) is -0.240. The van der Waals surface area contributed by atoms with Gasteiger partial charge in [0.1, 0.15) is 14.2 Å². The smallest absolute Gasteiger partial charge is 0.224 e. The third-order valence-corrected chi connectivity index (χ3v) is 6.98. The topological polar surface area (TPSA) is 94.3 Å². The summed E-state index contributed by atoms with van der Waals surface area (Å²) in [5, 5.41) is 4.90. The molecule has 0 bridgehead atoms. The van der Waals surface area contributed by atoms with Gasteiger partial charge >= 0.3 is 0 Å². The molecule has 19 heavy (non-hydrogen) atoms. The molecular formula is C10H8FNO4S3. The lowest BCUT2D eigenvalue weighted by atomic mass is 10.4. The number of halogens is 1. The molecule has 0 aliphatic carbocycles. The molecule has 0 fully saturated rings. The number of thiophene rings is 1. The van der Waals surface area contributed by atoms with Crippen molar-refractivity contribution >= 4 is 31.2 Å². The van der Waals surface area contributed by atoms with E-state index in [2.05, 4.69) is 0 Å². The zero-order chi connectivity index (χ0) is 14.3. The maximum Gasteiger partial charge on any atom is 0.247 e. The van der Waals surface area contributed by atoms with Crippen molar-refractivity contribution < 1.29 is 21.2 Å². The quantitative estimate of drug-likeness (QED) is 0.923. The van der Waals surface area contributed by atoms with E-state index < -0.39 is 25.7 Å². The van der Waals surface area contributed by atoms with E-state index in [-0.39, 0.29) is 13.3 Å². The second-order valence-electron chi connectivity index (χ2n) is 3.58. The van der Waals surface area contributed by atoms with E-state index in [1.807, 2.05) is 0 Å². The van der Waals surface area contributed by atoms with Crippen molar-refractivity contribution in [3.63, 3.8) is 0 Å². The molecular weight excluding hydrogens is 313 g/mol. The number of sulfonamides is 1. The van der Waals surface area contributed by atoms with Crippen LogP contribution in [0, 0.1) is 5.82 Å². The molecule has 0 saturated heterocycles. The van der Waals surface area contributed by atoms with Gasteiger partial charge in [-0.1, -0.05) is 6.07 Å². The highest BCUT2D eigenvalue weighted by atomic mass is 32.3. The standard InChI is InChI=1S/C10H8FNO4S3/c11-7-2-1-3-8(6-7)18(13,14)9-4-5-10(17-9)19(12,15)16/h1-6H,(H2,12,15,16). The molecule has 1 aromatic carbocycles. The van der Waals surface area contributed by atoms with Crippen LogP contribution < -0.4 is 5.14 Å². The number of sulfone groups is 1. The fraction of sp³-hybridized carbons (Fsp3) is 0. The van der Waals surface area contributed by atoms with Gasteiger partial charge in [0.2, 0.25) is 19.9 Å². The first-order chi connectivity index (χ1) is 8.71. The Hall–Kier alpha value is -1.29. The predicted molar refractivity (Wildman–Crippen MR) is 67.5 cm³/mol. The summed E-state index contributed by atoms with van der Waals surface area (Å²) < 4.78 is 59.0. The predicted octanol–water partition coefficient (Wildman–Crippen LogP) is 1.37. The van der Waals surface area contributed by atoms with Gasteiger partial charge in [-0.15, -0.1) is 11.3 Å². The third-order valence-electron chi connectivity index (χ3n) is 2.21. The van der Waals surface area contributed by atoms with Gasteiger partial charge in [0.05, 0.1) is 4.90 Å². The van der Waals surface area contributed by atoms with E-state index in [0.29, 0.717) is 11.3 Å². The molecule has 0 aliphatic rings. The lowest BCUT2D eigenvalue weighted by Gasteiger charge is -2.01. The fourth-order valence-electron chi connectivity index (χ4n) is 1.35. The highest BCUT2D eigenvalue weighted by Crippen LogP contribution is 2.29. The monoisotopic (exact) mass is 321 g/mol. The van der Waals surface area contributed by atoms with E-state index in [1.54, 1.807) is 0 Å². The van der Waals surface area contributed by atoms with Gasteiger partial charge in [-0.3, -0.25) is 0 Å². The maximum atomic E-state index is 13.0. The number of benzene rings is 1. The van der Waals surface area contributed by atoms with Gasteiger partial charge in [-0.05, 0) is 30.3 Å². The molecule has 102 valence electrons. The van der Waals surface area contributed by atoms with E-state index in [1.165, 1.54) is 12.1 Å². The van der Waals surface area contributed by atoms with E-state index in [4.69, 9.17) is 5.14 Å². The van der Waals surface area contributed by atoms with Crippen LogP contribution in [0.4, 0.5) is 4.39 Å². The summed E-state index contributed by atoms with van der Waals surface area (Å²) in [6.07, 6.45) is 0. The van der Waals surface area contributed by atoms with Crippen LogP contribution in [0.3, 0.4) is 0 Å². The van der Waals surface area contributed by atoms with Crippen LogP contribution in [0.1, 0.15) is 0 Å². The van der Waals surface area contributed by atoms with Crippen LogP contribution in [-0.2, 0) is 19.9 Å². The molecule has 0 amide bonds. The molecule has 0 unspecified atom stereocenters. The molecule has 0 saturated carbocycles. The first-order valence-corrected chi connectivity index (χ1v) is 8.69. The normalized spacial score (nSPS) is 12.5. The van der Waals surface area contributed by atoms with Crippen LogP contribution in [0.15, 0.2) is 49.7 Å². The Morgan fingerprint density at radius 1 is 1.00 bits per heavy atom. The summed E-state index contributed by atoms with van der Waals surface area (Å²) in [5.74, 6) is -0.690. The van der Waals surface area contributed by atoms with Crippen molar-refractivity contribution in [1.82, 2.24) is 0 Å². The minimum Gasteiger partial charge on any atom is -0.224 e. The van der Waals surface area contributed by atoms with Crippen LogP contribution in [0.5, 0.6) is 0 Å². The third kappa shape index (κ3) is 2.84. The Labute approximate surface area is 113 Å². The second-order valence-corrected chi connectivity index (χ2v) is 8.63. The molecule has 0 aliphatic heterocycles. The van der Waals surface area contributed by atoms with Crippen molar-refractivity contribution in [1.29, 1.82) is 0 Å². The molecule has 5 nitrogen and oxygen atoms in total. The highest BCUT2D eigenvalue weighted by molar-refractivity contribution is 7.95. The largest absolute Gasteiger partial charge is 0.247 e. The van der Waals surface area contributed by atoms with E-state index in [9.17, 15) is 21.2 Å². The van der Waals surface area contributed by atoms with Crippen LogP contribution in [0.25, 0.3) is 0 Å². The number of nitrogens with two attached hydrogens (primary N) is 1. The zero-order valence-electron chi connectivity index (χ0n) is 9.28.